The van der Waals surface area contributed by atoms with Gasteiger partial charge >= 0.3 is 6.18 Å². The van der Waals surface area contributed by atoms with Gasteiger partial charge in [0.2, 0.25) is 0 Å². The van der Waals surface area contributed by atoms with Gasteiger partial charge in [0.25, 0.3) is 0 Å². The zero-order valence-corrected chi connectivity index (χ0v) is 12.8. The van der Waals surface area contributed by atoms with Crippen LogP contribution in [0.3, 0.4) is 0 Å². The number of nitrogens with zero attached hydrogens (tertiary/aromatic N) is 2. The van der Waals surface area contributed by atoms with Crippen LogP contribution in [0.4, 0.5) is 19.0 Å². The minimum absolute atomic E-state index is 0.181. The molecule has 0 aromatic carbocycles. The van der Waals surface area contributed by atoms with E-state index in [4.69, 9.17) is 4.74 Å². The first-order chi connectivity index (χ1) is 8.87. The molecule has 1 N–H and O–H groups in total. The Labute approximate surface area is 123 Å². The summed E-state index contributed by atoms with van der Waals surface area (Å²) in [5.41, 5.74) is 0.603. The van der Waals surface area contributed by atoms with Crippen LogP contribution in [-0.4, -0.2) is 29.8 Å². The SMILES string of the molecule is CCNc1nc(CCC(F)(F)F)nc(COC)c1I. The summed E-state index contributed by atoms with van der Waals surface area (Å²) in [5, 5.41) is 3.02. The smallest absolute Gasteiger partial charge is 0.378 e. The van der Waals surface area contributed by atoms with E-state index in [2.05, 4.69) is 37.9 Å². The molecule has 108 valence electrons. The molecule has 0 amide bonds. The van der Waals surface area contributed by atoms with Crippen LogP contribution < -0.4 is 5.32 Å². The molecule has 0 saturated heterocycles. The minimum atomic E-state index is -4.20. The number of aromatic nitrogens is 2. The van der Waals surface area contributed by atoms with Crippen molar-refractivity contribution in [2.75, 3.05) is 19.0 Å². The number of halogens is 4. The summed E-state index contributed by atoms with van der Waals surface area (Å²) in [7, 11) is 1.51. The second-order valence-corrected chi connectivity index (χ2v) is 4.91. The number of anilines is 1. The van der Waals surface area contributed by atoms with Gasteiger partial charge < -0.3 is 10.1 Å². The number of nitrogens with one attached hydrogen (secondary N) is 1. The topological polar surface area (TPSA) is 47.0 Å². The quantitative estimate of drug-likeness (QED) is 0.760. The monoisotopic (exact) mass is 389 g/mol. The zero-order valence-electron chi connectivity index (χ0n) is 10.6. The number of hydrogen-bond acceptors (Lipinski definition) is 4. The van der Waals surface area contributed by atoms with Crippen molar-refractivity contribution < 1.29 is 17.9 Å². The van der Waals surface area contributed by atoms with E-state index in [9.17, 15) is 13.2 Å². The molecule has 0 radical (unpaired) electrons. The van der Waals surface area contributed by atoms with Crippen molar-refractivity contribution >= 4 is 28.4 Å². The Morgan fingerprint density at radius 3 is 2.53 bits per heavy atom. The lowest BCUT2D eigenvalue weighted by Gasteiger charge is -2.12. The second kappa shape index (κ2) is 7.22. The van der Waals surface area contributed by atoms with E-state index < -0.39 is 12.6 Å². The maximum Gasteiger partial charge on any atom is 0.389 e. The number of alkyl halides is 3. The van der Waals surface area contributed by atoms with Crippen LogP contribution >= 0.6 is 22.6 Å². The molecular weight excluding hydrogens is 374 g/mol. The van der Waals surface area contributed by atoms with E-state index in [-0.39, 0.29) is 18.9 Å². The Balaban J connectivity index is 2.97. The standard InChI is InChI=1S/C11H15F3IN3O/c1-3-16-10-9(15)7(6-19-2)17-8(18-10)4-5-11(12,13)14/h3-6H2,1-2H3,(H,16,17,18). The van der Waals surface area contributed by atoms with Gasteiger partial charge in [-0.2, -0.15) is 13.2 Å². The van der Waals surface area contributed by atoms with Crippen LogP contribution in [0, 0.1) is 3.57 Å². The summed E-state index contributed by atoms with van der Waals surface area (Å²) in [4.78, 5) is 8.25. The van der Waals surface area contributed by atoms with Gasteiger partial charge in [-0.1, -0.05) is 0 Å². The molecule has 1 aromatic heterocycles. The molecule has 0 unspecified atom stereocenters. The van der Waals surface area contributed by atoms with Crippen LogP contribution in [0.15, 0.2) is 0 Å². The number of methoxy groups -OCH3 is 1. The number of hydrogen-bond donors (Lipinski definition) is 1. The molecule has 0 aliphatic rings. The Morgan fingerprint density at radius 1 is 1.32 bits per heavy atom. The summed E-state index contributed by atoms with van der Waals surface area (Å²) < 4.78 is 42.4. The van der Waals surface area contributed by atoms with Crippen molar-refractivity contribution in [3.63, 3.8) is 0 Å². The molecule has 1 aromatic rings. The summed E-state index contributed by atoms with van der Waals surface area (Å²) in [6, 6.07) is 0. The summed E-state index contributed by atoms with van der Waals surface area (Å²) in [6.07, 6.45) is -5.35. The fourth-order valence-electron chi connectivity index (χ4n) is 1.43. The number of ether oxygens (including phenoxy) is 1. The first-order valence-electron chi connectivity index (χ1n) is 5.72. The van der Waals surface area contributed by atoms with Crippen LogP contribution in [0.2, 0.25) is 0 Å². The third-order valence-corrected chi connectivity index (χ3v) is 3.36. The molecular formula is C11H15F3IN3O. The van der Waals surface area contributed by atoms with Gasteiger partial charge in [-0.05, 0) is 29.5 Å². The van der Waals surface area contributed by atoms with E-state index in [1.165, 1.54) is 7.11 Å². The van der Waals surface area contributed by atoms with Crippen molar-refractivity contribution in [1.82, 2.24) is 9.97 Å². The lowest BCUT2D eigenvalue weighted by atomic mass is 10.2. The fraction of sp³-hybridized carbons (Fsp3) is 0.636. The number of rotatable bonds is 6. The molecule has 0 spiro atoms. The highest BCUT2D eigenvalue weighted by Crippen LogP contribution is 2.24. The Kier molecular flexibility index (Phi) is 6.24. The van der Waals surface area contributed by atoms with Crippen LogP contribution in [0.5, 0.6) is 0 Å². The van der Waals surface area contributed by atoms with Crippen LogP contribution in [-0.2, 0) is 17.8 Å². The summed E-state index contributed by atoms with van der Waals surface area (Å²) >= 11 is 2.06. The van der Waals surface area contributed by atoms with Crippen molar-refractivity contribution in [2.24, 2.45) is 0 Å². The normalized spacial score (nSPS) is 11.7. The molecule has 19 heavy (non-hydrogen) atoms. The maximum absolute atomic E-state index is 12.2. The first kappa shape index (κ1) is 16.4. The molecule has 0 saturated carbocycles. The van der Waals surface area contributed by atoms with Crippen molar-refractivity contribution in [2.45, 2.75) is 32.5 Å². The molecule has 0 fully saturated rings. The zero-order chi connectivity index (χ0) is 14.5. The van der Waals surface area contributed by atoms with Gasteiger partial charge in [0, 0.05) is 20.1 Å². The van der Waals surface area contributed by atoms with E-state index in [0.29, 0.717) is 18.1 Å². The van der Waals surface area contributed by atoms with Crippen molar-refractivity contribution in [1.29, 1.82) is 0 Å². The van der Waals surface area contributed by atoms with E-state index in [0.717, 1.165) is 3.57 Å². The van der Waals surface area contributed by atoms with E-state index in [1.54, 1.807) is 0 Å². The third kappa shape index (κ3) is 5.47. The Bertz CT molecular complexity index is 399. The average molecular weight is 389 g/mol. The maximum atomic E-state index is 12.2. The van der Waals surface area contributed by atoms with Gasteiger partial charge in [-0.3, -0.25) is 0 Å². The molecule has 0 bridgehead atoms. The molecule has 8 heteroatoms. The highest BCUT2D eigenvalue weighted by Gasteiger charge is 2.27. The molecule has 0 atom stereocenters. The van der Waals surface area contributed by atoms with Crippen LogP contribution in [0.25, 0.3) is 0 Å². The highest BCUT2D eigenvalue weighted by atomic mass is 127. The van der Waals surface area contributed by atoms with Gasteiger partial charge in [-0.25, -0.2) is 9.97 Å². The van der Waals surface area contributed by atoms with Gasteiger partial charge in [0.1, 0.15) is 11.6 Å². The van der Waals surface area contributed by atoms with Gasteiger partial charge in [-0.15, -0.1) is 0 Å². The second-order valence-electron chi connectivity index (χ2n) is 3.83. The predicted octanol–water partition coefficient (Wildman–Crippen LogP) is 3.15. The van der Waals surface area contributed by atoms with Gasteiger partial charge in [0.15, 0.2) is 0 Å². The van der Waals surface area contributed by atoms with Crippen molar-refractivity contribution in [3.05, 3.63) is 15.1 Å². The van der Waals surface area contributed by atoms with Crippen LogP contribution in [0.1, 0.15) is 24.9 Å². The largest absolute Gasteiger partial charge is 0.389 e. The molecule has 0 aliphatic heterocycles. The molecule has 0 aliphatic carbocycles. The predicted molar refractivity (Wildman–Crippen MR) is 74.0 cm³/mol. The molecule has 4 nitrogen and oxygen atoms in total. The van der Waals surface area contributed by atoms with E-state index >= 15 is 0 Å². The first-order valence-corrected chi connectivity index (χ1v) is 6.80. The molecule has 1 rings (SSSR count). The number of aryl methyl sites for hydroxylation is 1. The van der Waals surface area contributed by atoms with Crippen molar-refractivity contribution in [3.8, 4) is 0 Å². The molecule has 1 heterocycles. The summed E-state index contributed by atoms with van der Waals surface area (Å²) in [6.45, 7) is 2.78. The fourth-order valence-corrected chi connectivity index (χ4v) is 2.01. The van der Waals surface area contributed by atoms with E-state index in [1.807, 2.05) is 6.92 Å². The summed E-state index contributed by atoms with van der Waals surface area (Å²) in [5.74, 6) is 0.739. The minimum Gasteiger partial charge on any atom is -0.378 e. The van der Waals surface area contributed by atoms with Gasteiger partial charge in [0.05, 0.1) is 22.3 Å². The third-order valence-electron chi connectivity index (χ3n) is 2.22. The Hall–Kier alpha value is -0.640. The lowest BCUT2D eigenvalue weighted by Crippen LogP contribution is -2.14. The average Bonchev–Trinajstić information content (AvgIpc) is 2.31. The highest BCUT2D eigenvalue weighted by molar-refractivity contribution is 14.1. The Morgan fingerprint density at radius 2 is 2.00 bits per heavy atom. The lowest BCUT2D eigenvalue weighted by molar-refractivity contribution is -0.134.